The second-order valence-corrected chi connectivity index (χ2v) is 8.19. The van der Waals surface area contributed by atoms with Crippen LogP contribution in [0.25, 0.3) is 0 Å². The Morgan fingerprint density at radius 3 is 2.83 bits per heavy atom. The summed E-state index contributed by atoms with van der Waals surface area (Å²) >= 11 is 12.6. The summed E-state index contributed by atoms with van der Waals surface area (Å²) in [5.74, 6) is 0. The molecule has 1 aromatic heterocycles. The van der Waals surface area contributed by atoms with Crippen LogP contribution in [-0.2, 0) is 10.0 Å². The molecule has 0 aliphatic carbocycles. The number of hydrogen-bond acceptors (Lipinski definition) is 4. The molecule has 8 heteroatoms. The van der Waals surface area contributed by atoms with Gasteiger partial charge in [0.2, 0.25) is 10.0 Å². The van der Waals surface area contributed by atoms with Gasteiger partial charge in [-0.1, -0.05) is 23.2 Å². The van der Waals surface area contributed by atoms with Gasteiger partial charge in [0, 0.05) is 12.6 Å². The highest BCUT2D eigenvalue weighted by molar-refractivity contribution is 7.89. The lowest BCUT2D eigenvalue weighted by Crippen LogP contribution is -2.30. The van der Waals surface area contributed by atoms with Gasteiger partial charge in [0.15, 0.2) is 0 Å². The van der Waals surface area contributed by atoms with Gasteiger partial charge >= 0.3 is 0 Å². The molecule has 102 valence electrons. The molecule has 4 nitrogen and oxygen atoms in total. The molecule has 2 N–H and O–H groups in total. The Kier molecular flexibility index (Phi) is 4.91. The average molecular weight is 329 g/mol. The van der Waals surface area contributed by atoms with Crippen molar-refractivity contribution in [2.24, 2.45) is 0 Å². The van der Waals surface area contributed by atoms with Crippen molar-refractivity contribution in [1.29, 1.82) is 0 Å². The van der Waals surface area contributed by atoms with E-state index >= 15 is 0 Å². The van der Waals surface area contributed by atoms with E-state index in [1.165, 1.54) is 6.07 Å². The number of hydrogen-bond donors (Lipinski definition) is 2. The number of thiophene rings is 1. The summed E-state index contributed by atoms with van der Waals surface area (Å²) in [6.07, 6.45) is 3.05. The molecule has 0 radical (unpaired) electrons. The monoisotopic (exact) mass is 328 g/mol. The van der Waals surface area contributed by atoms with Crippen molar-refractivity contribution in [3.8, 4) is 0 Å². The van der Waals surface area contributed by atoms with Gasteiger partial charge in [-0.2, -0.15) is 0 Å². The van der Waals surface area contributed by atoms with Gasteiger partial charge < -0.3 is 5.32 Å². The Bertz CT molecular complexity index is 510. The molecule has 0 amide bonds. The zero-order valence-corrected chi connectivity index (χ0v) is 12.7. The highest BCUT2D eigenvalue weighted by Gasteiger charge is 2.21. The second-order valence-electron chi connectivity index (χ2n) is 4.17. The van der Waals surface area contributed by atoms with E-state index in [2.05, 4.69) is 10.0 Å². The normalized spacial score (nSPS) is 20.4. The third-order valence-electron chi connectivity index (χ3n) is 2.86. The molecule has 2 rings (SSSR count). The van der Waals surface area contributed by atoms with Crippen LogP contribution in [0.5, 0.6) is 0 Å². The first-order valence-corrected chi connectivity index (χ1v) is 8.72. The van der Waals surface area contributed by atoms with E-state index < -0.39 is 10.0 Å². The highest BCUT2D eigenvalue weighted by Crippen LogP contribution is 2.34. The minimum atomic E-state index is -3.55. The van der Waals surface area contributed by atoms with E-state index in [9.17, 15) is 8.42 Å². The maximum absolute atomic E-state index is 12.0. The summed E-state index contributed by atoms with van der Waals surface area (Å²) in [7, 11) is -3.55. The first kappa shape index (κ1) is 14.6. The summed E-state index contributed by atoms with van der Waals surface area (Å²) in [4.78, 5) is 0.0681. The molecule has 0 aromatic carbocycles. The standard InChI is InChI=1S/C10H14Cl2N2O2S2/c11-9-6-8(10(12)17-9)18(15,16)14-5-3-7-2-1-4-13-7/h6-7,13-14H,1-5H2/t7-/m1/s1. The maximum Gasteiger partial charge on any atom is 0.242 e. The van der Waals surface area contributed by atoms with Crippen LogP contribution in [0.15, 0.2) is 11.0 Å². The quantitative estimate of drug-likeness (QED) is 0.872. The van der Waals surface area contributed by atoms with Gasteiger partial charge in [0.1, 0.15) is 9.23 Å². The maximum atomic E-state index is 12.0. The van der Waals surface area contributed by atoms with Crippen molar-refractivity contribution in [3.05, 3.63) is 14.7 Å². The molecule has 1 atom stereocenters. The number of halogens is 2. The van der Waals surface area contributed by atoms with Gasteiger partial charge in [-0.05, 0) is 31.9 Å². The molecule has 1 saturated heterocycles. The van der Waals surface area contributed by atoms with Gasteiger partial charge in [-0.15, -0.1) is 11.3 Å². The smallest absolute Gasteiger partial charge is 0.242 e. The molecule has 1 aromatic rings. The highest BCUT2D eigenvalue weighted by atomic mass is 35.5. The SMILES string of the molecule is O=S(=O)(NCC[C@H]1CCCN1)c1cc(Cl)sc1Cl. The van der Waals surface area contributed by atoms with Crippen molar-refractivity contribution in [3.63, 3.8) is 0 Å². The lowest BCUT2D eigenvalue weighted by atomic mass is 10.2. The number of sulfonamides is 1. The molecular formula is C10H14Cl2N2O2S2. The lowest BCUT2D eigenvalue weighted by Gasteiger charge is -2.10. The van der Waals surface area contributed by atoms with Crippen LogP contribution in [0, 0.1) is 0 Å². The van der Waals surface area contributed by atoms with Crippen molar-refractivity contribution in [1.82, 2.24) is 10.0 Å². The Morgan fingerprint density at radius 1 is 1.50 bits per heavy atom. The molecule has 0 unspecified atom stereocenters. The van der Waals surface area contributed by atoms with Crippen LogP contribution < -0.4 is 10.0 Å². The van der Waals surface area contributed by atoms with Gasteiger partial charge in [-0.3, -0.25) is 0 Å². The Labute approximate surface area is 121 Å². The largest absolute Gasteiger partial charge is 0.314 e. The summed E-state index contributed by atoms with van der Waals surface area (Å²) < 4.78 is 27.1. The van der Waals surface area contributed by atoms with E-state index in [4.69, 9.17) is 23.2 Å². The number of nitrogens with one attached hydrogen (secondary N) is 2. The predicted octanol–water partition coefficient (Wildman–Crippen LogP) is 2.48. The van der Waals surface area contributed by atoms with E-state index in [0.29, 0.717) is 16.9 Å². The van der Waals surface area contributed by atoms with E-state index in [0.717, 1.165) is 37.1 Å². The van der Waals surface area contributed by atoms with Gasteiger partial charge in [-0.25, -0.2) is 13.1 Å². The van der Waals surface area contributed by atoms with Gasteiger partial charge in [0.05, 0.1) is 4.34 Å². The van der Waals surface area contributed by atoms with Crippen LogP contribution >= 0.6 is 34.5 Å². The minimum Gasteiger partial charge on any atom is -0.314 e. The first-order chi connectivity index (χ1) is 8.49. The summed E-state index contributed by atoms with van der Waals surface area (Å²) in [6.45, 7) is 1.42. The molecule has 1 aliphatic rings. The Hall–Kier alpha value is 0.150. The predicted molar refractivity (Wildman–Crippen MR) is 75.2 cm³/mol. The molecule has 1 fully saturated rings. The molecule has 0 bridgehead atoms. The zero-order valence-electron chi connectivity index (χ0n) is 9.58. The van der Waals surface area contributed by atoms with Crippen molar-refractivity contribution in [2.45, 2.75) is 30.2 Å². The van der Waals surface area contributed by atoms with Crippen LogP contribution in [0.1, 0.15) is 19.3 Å². The van der Waals surface area contributed by atoms with Crippen LogP contribution in [-0.4, -0.2) is 27.5 Å². The van der Waals surface area contributed by atoms with Crippen molar-refractivity contribution >= 4 is 44.6 Å². The number of rotatable bonds is 5. The Balaban J connectivity index is 1.93. The zero-order chi connectivity index (χ0) is 13.2. The molecule has 2 heterocycles. The second kappa shape index (κ2) is 6.07. The summed E-state index contributed by atoms with van der Waals surface area (Å²) in [5, 5.41) is 3.32. The van der Waals surface area contributed by atoms with E-state index in [1.54, 1.807) is 0 Å². The lowest BCUT2D eigenvalue weighted by molar-refractivity contribution is 0.539. The molecule has 0 spiro atoms. The molecule has 0 saturated carbocycles. The third kappa shape index (κ3) is 3.59. The fourth-order valence-electron chi connectivity index (χ4n) is 1.96. The van der Waals surface area contributed by atoms with Crippen LogP contribution in [0.4, 0.5) is 0 Å². The van der Waals surface area contributed by atoms with Crippen LogP contribution in [0.3, 0.4) is 0 Å². The Morgan fingerprint density at radius 2 is 2.28 bits per heavy atom. The van der Waals surface area contributed by atoms with Crippen molar-refractivity contribution in [2.75, 3.05) is 13.1 Å². The molecular weight excluding hydrogens is 315 g/mol. The van der Waals surface area contributed by atoms with Crippen molar-refractivity contribution < 1.29 is 8.42 Å². The van der Waals surface area contributed by atoms with Crippen LogP contribution in [0.2, 0.25) is 8.67 Å². The molecule has 18 heavy (non-hydrogen) atoms. The van der Waals surface area contributed by atoms with E-state index in [-0.39, 0.29) is 9.23 Å². The average Bonchev–Trinajstić information content (AvgIpc) is 2.88. The summed E-state index contributed by atoms with van der Waals surface area (Å²) in [6, 6.07) is 1.79. The third-order valence-corrected chi connectivity index (χ3v) is 6.08. The fraction of sp³-hybridized carbons (Fsp3) is 0.600. The van der Waals surface area contributed by atoms with E-state index in [1.807, 2.05) is 0 Å². The molecule has 1 aliphatic heterocycles. The first-order valence-electron chi connectivity index (χ1n) is 5.67. The summed E-state index contributed by atoms with van der Waals surface area (Å²) in [5.41, 5.74) is 0. The minimum absolute atomic E-state index is 0.0681. The fourth-order valence-corrected chi connectivity index (χ4v) is 5.15. The van der Waals surface area contributed by atoms with Gasteiger partial charge in [0.25, 0.3) is 0 Å². The topological polar surface area (TPSA) is 58.2 Å².